The van der Waals surface area contributed by atoms with Crippen LogP contribution in [0.1, 0.15) is 13.8 Å². The fourth-order valence-corrected chi connectivity index (χ4v) is 1.50. The standard InChI is InChI=1S/C7H15ClO3S/c1-7(2)12(9,10)6-5-11-4-3-8/h7H,3-6H2,1-2H3. The van der Waals surface area contributed by atoms with Gasteiger partial charge in [0.25, 0.3) is 0 Å². The molecule has 0 heterocycles. The summed E-state index contributed by atoms with van der Waals surface area (Å²) in [6.45, 7) is 3.98. The second-order valence-electron chi connectivity index (χ2n) is 2.72. The highest BCUT2D eigenvalue weighted by atomic mass is 35.5. The van der Waals surface area contributed by atoms with E-state index in [9.17, 15) is 8.42 Å². The Hall–Kier alpha value is 0.200. The first-order valence-electron chi connectivity index (χ1n) is 3.86. The minimum Gasteiger partial charge on any atom is -0.379 e. The van der Waals surface area contributed by atoms with Crippen molar-refractivity contribution in [2.45, 2.75) is 19.1 Å². The summed E-state index contributed by atoms with van der Waals surface area (Å²) in [7, 11) is -2.95. The summed E-state index contributed by atoms with van der Waals surface area (Å²) in [5.74, 6) is 0.489. The van der Waals surface area contributed by atoms with Crippen molar-refractivity contribution in [2.75, 3.05) is 24.8 Å². The van der Waals surface area contributed by atoms with Crippen molar-refractivity contribution in [3.8, 4) is 0 Å². The predicted molar refractivity (Wildman–Crippen MR) is 50.5 cm³/mol. The molecule has 3 nitrogen and oxygen atoms in total. The van der Waals surface area contributed by atoms with Gasteiger partial charge in [-0.15, -0.1) is 11.6 Å². The molecular weight excluding hydrogens is 200 g/mol. The molecule has 0 bridgehead atoms. The monoisotopic (exact) mass is 214 g/mol. The molecule has 0 N–H and O–H groups in total. The molecule has 0 aromatic rings. The zero-order valence-electron chi connectivity index (χ0n) is 7.42. The summed E-state index contributed by atoms with van der Waals surface area (Å²) in [6.07, 6.45) is 0. The highest BCUT2D eigenvalue weighted by molar-refractivity contribution is 7.91. The molecule has 0 saturated carbocycles. The first kappa shape index (κ1) is 12.2. The molecule has 0 spiro atoms. The zero-order valence-corrected chi connectivity index (χ0v) is 8.99. The second-order valence-corrected chi connectivity index (χ2v) is 5.77. The lowest BCUT2D eigenvalue weighted by Gasteiger charge is -2.06. The van der Waals surface area contributed by atoms with E-state index in [-0.39, 0.29) is 17.6 Å². The smallest absolute Gasteiger partial charge is 0.154 e. The van der Waals surface area contributed by atoms with Crippen LogP contribution >= 0.6 is 11.6 Å². The van der Waals surface area contributed by atoms with Crippen LogP contribution in [0.4, 0.5) is 0 Å². The summed E-state index contributed by atoms with van der Waals surface area (Å²) < 4.78 is 27.3. The Labute approximate surface area is 79.0 Å². The first-order valence-corrected chi connectivity index (χ1v) is 6.11. The maximum Gasteiger partial charge on any atom is 0.154 e. The van der Waals surface area contributed by atoms with Crippen molar-refractivity contribution >= 4 is 21.4 Å². The summed E-state index contributed by atoms with van der Waals surface area (Å²) in [4.78, 5) is 0. The number of alkyl halides is 1. The Bertz CT molecular complexity index is 199. The highest BCUT2D eigenvalue weighted by Gasteiger charge is 2.14. The lowest BCUT2D eigenvalue weighted by molar-refractivity contribution is 0.165. The van der Waals surface area contributed by atoms with Crippen molar-refractivity contribution in [3.05, 3.63) is 0 Å². The molecule has 0 atom stereocenters. The maximum atomic E-state index is 11.2. The van der Waals surface area contributed by atoms with Gasteiger partial charge < -0.3 is 4.74 Å². The van der Waals surface area contributed by atoms with E-state index in [0.717, 1.165) is 0 Å². The third-order valence-corrected chi connectivity index (χ3v) is 3.78. The van der Waals surface area contributed by atoms with E-state index in [4.69, 9.17) is 16.3 Å². The summed E-state index contributed by atoms with van der Waals surface area (Å²) in [5.41, 5.74) is 0. The quantitative estimate of drug-likeness (QED) is 0.491. The molecule has 0 radical (unpaired) electrons. The molecular formula is C7H15ClO3S. The summed E-state index contributed by atoms with van der Waals surface area (Å²) in [6, 6.07) is 0. The lowest BCUT2D eigenvalue weighted by atomic mass is 10.6. The van der Waals surface area contributed by atoms with Crippen LogP contribution in [-0.2, 0) is 14.6 Å². The average molecular weight is 215 g/mol. The van der Waals surface area contributed by atoms with E-state index in [1.54, 1.807) is 13.8 Å². The van der Waals surface area contributed by atoms with E-state index in [2.05, 4.69) is 0 Å². The number of hydrogen-bond donors (Lipinski definition) is 0. The normalized spacial score (nSPS) is 12.3. The molecule has 0 saturated heterocycles. The van der Waals surface area contributed by atoms with E-state index in [1.807, 2.05) is 0 Å². The summed E-state index contributed by atoms with van der Waals surface area (Å²) >= 11 is 5.34. The van der Waals surface area contributed by atoms with Crippen molar-refractivity contribution < 1.29 is 13.2 Å². The fourth-order valence-electron chi connectivity index (χ4n) is 0.567. The fraction of sp³-hybridized carbons (Fsp3) is 1.00. The zero-order chi connectivity index (χ0) is 9.61. The van der Waals surface area contributed by atoms with Crippen LogP contribution in [0.5, 0.6) is 0 Å². The van der Waals surface area contributed by atoms with Crippen LogP contribution in [-0.4, -0.2) is 38.5 Å². The van der Waals surface area contributed by atoms with Gasteiger partial charge >= 0.3 is 0 Å². The Kier molecular flexibility index (Phi) is 5.88. The van der Waals surface area contributed by atoms with Gasteiger partial charge in [-0.2, -0.15) is 0 Å². The minimum absolute atomic E-state index is 0.0849. The maximum absolute atomic E-state index is 11.2. The third-order valence-electron chi connectivity index (χ3n) is 1.45. The van der Waals surface area contributed by atoms with Crippen molar-refractivity contribution in [3.63, 3.8) is 0 Å². The van der Waals surface area contributed by atoms with E-state index >= 15 is 0 Å². The Balaban J connectivity index is 3.63. The van der Waals surface area contributed by atoms with Gasteiger partial charge in [0.05, 0.1) is 24.2 Å². The van der Waals surface area contributed by atoms with E-state index in [1.165, 1.54) is 0 Å². The van der Waals surface area contributed by atoms with E-state index < -0.39 is 9.84 Å². The second kappa shape index (κ2) is 5.78. The largest absolute Gasteiger partial charge is 0.379 e. The molecule has 0 rings (SSSR count). The Morgan fingerprint density at radius 2 is 1.92 bits per heavy atom. The molecule has 0 aliphatic carbocycles. The van der Waals surface area contributed by atoms with Gasteiger partial charge in [0, 0.05) is 5.88 Å². The molecule has 12 heavy (non-hydrogen) atoms. The van der Waals surface area contributed by atoms with Crippen LogP contribution in [0.15, 0.2) is 0 Å². The molecule has 0 aliphatic heterocycles. The molecule has 0 aliphatic rings. The third kappa shape index (κ3) is 4.95. The Morgan fingerprint density at radius 1 is 1.33 bits per heavy atom. The van der Waals surface area contributed by atoms with Gasteiger partial charge in [-0.3, -0.25) is 0 Å². The van der Waals surface area contributed by atoms with Crippen molar-refractivity contribution in [2.24, 2.45) is 0 Å². The molecule has 0 aromatic carbocycles. The molecule has 0 amide bonds. The SMILES string of the molecule is CC(C)S(=O)(=O)CCOCCCl. The topological polar surface area (TPSA) is 43.4 Å². The van der Waals surface area contributed by atoms with E-state index in [0.29, 0.717) is 12.5 Å². The average Bonchev–Trinajstić information content (AvgIpc) is 1.98. The summed E-state index contributed by atoms with van der Waals surface area (Å²) in [5, 5.41) is -0.322. The molecule has 74 valence electrons. The minimum atomic E-state index is -2.95. The molecule has 5 heteroatoms. The molecule has 0 aromatic heterocycles. The number of sulfone groups is 1. The van der Waals surface area contributed by atoms with Crippen LogP contribution in [0.3, 0.4) is 0 Å². The number of rotatable bonds is 6. The van der Waals surface area contributed by atoms with Gasteiger partial charge in [0.1, 0.15) is 0 Å². The van der Waals surface area contributed by atoms with Crippen LogP contribution in [0.25, 0.3) is 0 Å². The molecule has 0 unspecified atom stereocenters. The highest BCUT2D eigenvalue weighted by Crippen LogP contribution is 2.00. The Morgan fingerprint density at radius 3 is 2.33 bits per heavy atom. The lowest BCUT2D eigenvalue weighted by Crippen LogP contribution is -2.21. The van der Waals surface area contributed by atoms with Crippen molar-refractivity contribution in [1.82, 2.24) is 0 Å². The van der Waals surface area contributed by atoms with Crippen LogP contribution in [0, 0.1) is 0 Å². The van der Waals surface area contributed by atoms with Gasteiger partial charge in [-0.25, -0.2) is 8.42 Å². The van der Waals surface area contributed by atoms with Crippen LogP contribution in [0.2, 0.25) is 0 Å². The first-order chi connectivity index (χ1) is 5.50. The number of halogens is 1. The van der Waals surface area contributed by atoms with Crippen LogP contribution < -0.4 is 0 Å². The number of hydrogen-bond acceptors (Lipinski definition) is 3. The predicted octanol–water partition coefficient (Wildman–Crippen LogP) is 1.06. The van der Waals surface area contributed by atoms with Gasteiger partial charge in [-0.1, -0.05) is 0 Å². The van der Waals surface area contributed by atoms with Gasteiger partial charge in [-0.05, 0) is 13.8 Å². The van der Waals surface area contributed by atoms with Gasteiger partial charge in [0.2, 0.25) is 0 Å². The number of ether oxygens (including phenoxy) is 1. The van der Waals surface area contributed by atoms with Gasteiger partial charge in [0.15, 0.2) is 9.84 Å². The van der Waals surface area contributed by atoms with Crippen molar-refractivity contribution in [1.29, 1.82) is 0 Å². The molecule has 0 fully saturated rings.